The van der Waals surface area contributed by atoms with E-state index in [1.807, 2.05) is 29.1 Å². The minimum Gasteiger partial charge on any atom is -0.352 e. The summed E-state index contributed by atoms with van der Waals surface area (Å²) < 4.78 is 1.83. The van der Waals surface area contributed by atoms with E-state index in [0.717, 1.165) is 23.4 Å². The Balaban J connectivity index is 1.45. The minimum atomic E-state index is 0.174. The Hall–Kier alpha value is -2.17. The monoisotopic (exact) mass is 310 g/mol. The van der Waals surface area contributed by atoms with Crippen LogP contribution in [0.5, 0.6) is 0 Å². The lowest BCUT2D eigenvalue weighted by Gasteiger charge is -2.07. The number of aromatic nitrogens is 3. The van der Waals surface area contributed by atoms with Gasteiger partial charge in [0, 0.05) is 17.9 Å². The van der Waals surface area contributed by atoms with Crippen molar-refractivity contribution >= 4 is 5.91 Å². The van der Waals surface area contributed by atoms with Gasteiger partial charge < -0.3 is 5.32 Å². The highest BCUT2D eigenvalue weighted by Crippen LogP contribution is 2.46. The second-order valence-corrected chi connectivity index (χ2v) is 7.32. The van der Waals surface area contributed by atoms with Gasteiger partial charge in [0.25, 0.3) is 0 Å². The van der Waals surface area contributed by atoms with Gasteiger partial charge in [-0.15, -0.1) is 5.10 Å². The third-order valence-corrected chi connectivity index (χ3v) is 5.20. The smallest absolute Gasteiger partial charge is 0.223 e. The number of carbonyl (C=O) groups is 1. The van der Waals surface area contributed by atoms with Crippen LogP contribution in [0.2, 0.25) is 0 Å². The van der Waals surface area contributed by atoms with E-state index in [1.165, 1.54) is 12.8 Å². The summed E-state index contributed by atoms with van der Waals surface area (Å²) in [6.45, 7) is 4.91. The molecule has 1 aromatic carbocycles. The summed E-state index contributed by atoms with van der Waals surface area (Å²) in [5.74, 6) is 0.932. The highest BCUT2D eigenvalue weighted by molar-refractivity contribution is 5.81. The van der Waals surface area contributed by atoms with Crippen LogP contribution < -0.4 is 5.32 Å². The third kappa shape index (κ3) is 2.87. The van der Waals surface area contributed by atoms with Gasteiger partial charge in [-0.2, -0.15) is 0 Å². The molecular weight excluding hydrogens is 288 g/mol. The van der Waals surface area contributed by atoms with Gasteiger partial charge in [-0.3, -0.25) is 4.79 Å². The molecule has 4 rings (SSSR count). The van der Waals surface area contributed by atoms with Crippen molar-refractivity contribution in [3.63, 3.8) is 0 Å². The van der Waals surface area contributed by atoms with E-state index in [4.69, 9.17) is 0 Å². The summed E-state index contributed by atoms with van der Waals surface area (Å²) >= 11 is 0. The molecule has 2 aliphatic carbocycles. The quantitative estimate of drug-likeness (QED) is 0.923. The number of benzene rings is 1. The van der Waals surface area contributed by atoms with Gasteiger partial charge in [-0.25, -0.2) is 4.68 Å². The van der Waals surface area contributed by atoms with E-state index in [9.17, 15) is 4.79 Å². The van der Waals surface area contributed by atoms with Gasteiger partial charge in [0.15, 0.2) is 0 Å². The third-order valence-electron chi connectivity index (χ3n) is 5.20. The molecule has 23 heavy (non-hydrogen) atoms. The SMILES string of the molecule is CC1CC1C(=O)NCc1cccc(-n2cc(C3(C)CC3)nn2)c1. The van der Waals surface area contributed by atoms with Crippen molar-refractivity contribution in [2.24, 2.45) is 11.8 Å². The molecule has 5 nitrogen and oxygen atoms in total. The molecule has 2 aromatic rings. The molecule has 2 unspecified atom stereocenters. The fraction of sp³-hybridized carbons (Fsp3) is 0.500. The molecule has 1 aromatic heterocycles. The lowest BCUT2D eigenvalue weighted by molar-refractivity contribution is -0.122. The zero-order chi connectivity index (χ0) is 16.0. The van der Waals surface area contributed by atoms with Crippen LogP contribution in [0.25, 0.3) is 5.69 Å². The molecule has 5 heteroatoms. The standard InChI is InChI=1S/C18H22N4O/c1-12-8-15(12)17(23)19-10-13-4-3-5-14(9-13)22-11-16(20-21-22)18(2)6-7-18/h3-5,9,11-12,15H,6-8,10H2,1-2H3,(H,19,23). The molecule has 120 valence electrons. The highest BCUT2D eigenvalue weighted by Gasteiger charge is 2.41. The first kappa shape index (κ1) is 14.4. The lowest BCUT2D eigenvalue weighted by Crippen LogP contribution is -2.24. The molecule has 2 saturated carbocycles. The van der Waals surface area contributed by atoms with Crippen LogP contribution in [-0.2, 0) is 16.8 Å². The van der Waals surface area contributed by atoms with Crippen LogP contribution in [0, 0.1) is 11.8 Å². The predicted octanol–water partition coefficient (Wildman–Crippen LogP) is 2.59. The van der Waals surface area contributed by atoms with Crippen molar-refractivity contribution in [3.8, 4) is 5.69 Å². The summed E-state index contributed by atoms with van der Waals surface area (Å²) in [7, 11) is 0. The van der Waals surface area contributed by atoms with E-state index < -0.39 is 0 Å². The molecule has 0 bridgehead atoms. The molecule has 0 saturated heterocycles. The van der Waals surface area contributed by atoms with Crippen molar-refractivity contribution in [1.82, 2.24) is 20.3 Å². The maximum atomic E-state index is 11.9. The Morgan fingerprint density at radius 1 is 1.43 bits per heavy atom. The van der Waals surface area contributed by atoms with Crippen molar-refractivity contribution in [2.45, 2.75) is 45.1 Å². The first-order valence-electron chi connectivity index (χ1n) is 8.35. The number of nitrogens with zero attached hydrogens (tertiary/aromatic N) is 3. The minimum absolute atomic E-state index is 0.174. The number of carbonyl (C=O) groups excluding carboxylic acids is 1. The number of hydrogen-bond donors (Lipinski definition) is 1. The average molecular weight is 310 g/mol. The molecule has 0 radical (unpaired) electrons. The maximum absolute atomic E-state index is 11.9. The van der Waals surface area contributed by atoms with E-state index in [-0.39, 0.29) is 17.2 Å². The Morgan fingerprint density at radius 2 is 2.22 bits per heavy atom. The highest BCUT2D eigenvalue weighted by atomic mass is 16.2. The fourth-order valence-electron chi connectivity index (χ4n) is 2.93. The van der Waals surface area contributed by atoms with Crippen molar-refractivity contribution in [1.29, 1.82) is 0 Å². The maximum Gasteiger partial charge on any atom is 0.223 e. The van der Waals surface area contributed by atoms with Crippen molar-refractivity contribution in [2.75, 3.05) is 0 Å². The number of hydrogen-bond acceptors (Lipinski definition) is 3. The first-order chi connectivity index (χ1) is 11.0. The molecule has 0 spiro atoms. The van der Waals surface area contributed by atoms with E-state index in [0.29, 0.717) is 12.5 Å². The van der Waals surface area contributed by atoms with Crippen molar-refractivity contribution < 1.29 is 4.79 Å². The fourth-order valence-corrected chi connectivity index (χ4v) is 2.93. The second kappa shape index (κ2) is 5.18. The summed E-state index contributed by atoms with van der Waals surface area (Å²) in [6, 6.07) is 8.10. The molecule has 1 amide bonds. The molecule has 2 aliphatic rings. The second-order valence-electron chi connectivity index (χ2n) is 7.32. The Labute approximate surface area is 136 Å². The number of amides is 1. The van der Waals surface area contributed by atoms with Gasteiger partial charge in [0.05, 0.1) is 17.6 Å². The molecule has 2 atom stereocenters. The van der Waals surface area contributed by atoms with Gasteiger partial charge in [0.1, 0.15) is 0 Å². The van der Waals surface area contributed by atoms with Gasteiger partial charge in [-0.05, 0) is 42.9 Å². The zero-order valence-electron chi connectivity index (χ0n) is 13.6. The molecule has 1 N–H and O–H groups in total. The van der Waals surface area contributed by atoms with Crippen LogP contribution in [-0.4, -0.2) is 20.9 Å². The van der Waals surface area contributed by atoms with Gasteiger partial charge in [0.2, 0.25) is 5.91 Å². The normalized spacial score (nSPS) is 24.3. The zero-order valence-corrected chi connectivity index (χ0v) is 13.6. The van der Waals surface area contributed by atoms with E-state index in [2.05, 4.69) is 35.5 Å². The van der Waals surface area contributed by atoms with Gasteiger partial charge >= 0.3 is 0 Å². The summed E-state index contributed by atoms with van der Waals surface area (Å²) in [4.78, 5) is 11.9. The summed E-state index contributed by atoms with van der Waals surface area (Å²) in [6.07, 6.45) is 5.43. The topological polar surface area (TPSA) is 59.8 Å². The van der Waals surface area contributed by atoms with Crippen LogP contribution in [0.1, 0.15) is 44.4 Å². The van der Waals surface area contributed by atoms with Crippen molar-refractivity contribution in [3.05, 3.63) is 41.7 Å². The van der Waals surface area contributed by atoms with E-state index >= 15 is 0 Å². The molecule has 2 fully saturated rings. The summed E-state index contributed by atoms with van der Waals surface area (Å²) in [5.41, 5.74) is 3.36. The molecule has 1 heterocycles. The Kier molecular flexibility index (Phi) is 3.25. The average Bonchev–Trinajstić information content (AvgIpc) is 3.41. The molecule has 0 aliphatic heterocycles. The van der Waals surface area contributed by atoms with E-state index in [1.54, 1.807) is 0 Å². The largest absolute Gasteiger partial charge is 0.352 e. The van der Waals surface area contributed by atoms with Crippen LogP contribution in [0.3, 0.4) is 0 Å². The Morgan fingerprint density at radius 3 is 2.91 bits per heavy atom. The predicted molar refractivity (Wildman–Crippen MR) is 87.1 cm³/mol. The Bertz CT molecular complexity index is 747. The summed E-state index contributed by atoms with van der Waals surface area (Å²) in [5, 5.41) is 11.6. The van der Waals surface area contributed by atoms with Crippen LogP contribution >= 0.6 is 0 Å². The van der Waals surface area contributed by atoms with Crippen LogP contribution in [0.4, 0.5) is 0 Å². The van der Waals surface area contributed by atoms with Crippen LogP contribution in [0.15, 0.2) is 30.5 Å². The first-order valence-corrected chi connectivity index (χ1v) is 8.35. The van der Waals surface area contributed by atoms with Gasteiger partial charge in [-0.1, -0.05) is 31.2 Å². The number of rotatable bonds is 5. The molecular formula is C18H22N4O. The lowest BCUT2D eigenvalue weighted by atomic mass is 10.1. The number of nitrogens with one attached hydrogen (secondary N) is 1.